The first-order valence-corrected chi connectivity index (χ1v) is 11.3. The van der Waals surface area contributed by atoms with Crippen LogP contribution in [0.3, 0.4) is 0 Å². The molecule has 2 aliphatic rings. The molecule has 1 saturated heterocycles. The molecule has 1 aromatic heterocycles. The van der Waals surface area contributed by atoms with Gasteiger partial charge in [-0.2, -0.15) is 0 Å². The molecule has 2 fully saturated rings. The lowest BCUT2D eigenvalue weighted by Crippen LogP contribution is -2.48. The minimum absolute atomic E-state index is 0.0663. The van der Waals surface area contributed by atoms with Crippen LogP contribution in [0.5, 0.6) is 5.75 Å². The van der Waals surface area contributed by atoms with Gasteiger partial charge in [0.05, 0.1) is 24.9 Å². The first-order valence-electron chi connectivity index (χ1n) is 11.3. The summed E-state index contributed by atoms with van der Waals surface area (Å²) in [6.45, 7) is 3.76. The highest BCUT2D eigenvalue weighted by Crippen LogP contribution is 2.35. The number of para-hydroxylation sites is 2. The topological polar surface area (TPSA) is 59.3 Å². The van der Waals surface area contributed by atoms with E-state index in [0.29, 0.717) is 6.04 Å². The zero-order valence-electron chi connectivity index (χ0n) is 18.1. The summed E-state index contributed by atoms with van der Waals surface area (Å²) < 4.78 is 7.70. The Morgan fingerprint density at radius 1 is 0.903 bits per heavy atom. The fraction of sp³-hybridized carbons (Fsp3) is 0.458. The van der Waals surface area contributed by atoms with Crippen molar-refractivity contribution in [2.75, 3.05) is 38.2 Å². The van der Waals surface area contributed by atoms with E-state index in [1.807, 2.05) is 12.1 Å². The molecule has 1 saturated carbocycles. The van der Waals surface area contributed by atoms with Crippen molar-refractivity contribution in [2.45, 2.75) is 37.8 Å². The highest BCUT2D eigenvalue weighted by atomic mass is 16.5. The predicted molar refractivity (Wildman–Crippen MR) is 120 cm³/mol. The van der Waals surface area contributed by atoms with Crippen molar-refractivity contribution in [1.29, 1.82) is 0 Å². The number of anilines is 1. The number of methoxy groups -OCH3 is 1. The Morgan fingerprint density at radius 3 is 2.35 bits per heavy atom. The summed E-state index contributed by atoms with van der Waals surface area (Å²) in [7, 11) is 1.74. The van der Waals surface area contributed by atoms with Crippen LogP contribution in [-0.4, -0.2) is 58.4 Å². The van der Waals surface area contributed by atoms with E-state index in [-0.39, 0.29) is 6.04 Å². The zero-order chi connectivity index (χ0) is 21.0. The summed E-state index contributed by atoms with van der Waals surface area (Å²) in [5.74, 6) is 1.91. The number of rotatable bonds is 6. The summed E-state index contributed by atoms with van der Waals surface area (Å²) in [6.07, 6.45) is 4.86. The molecule has 0 amide bonds. The van der Waals surface area contributed by atoms with E-state index >= 15 is 0 Å². The van der Waals surface area contributed by atoms with Crippen molar-refractivity contribution in [2.24, 2.45) is 0 Å². The van der Waals surface area contributed by atoms with Crippen molar-refractivity contribution in [3.8, 4) is 5.75 Å². The van der Waals surface area contributed by atoms with E-state index in [2.05, 4.69) is 72.5 Å². The zero-order valence-corrected chi connectivity index (χ0v) is 18.1. The number of nitrogens with zero attached hydrogens (tertiary/aromatic N) is 6. The second-order valence-corrected chi connectivity index (χ2v) is 8.43. The number of piperazine rings is 1. The predicted octanol–water partition coefficient (Wildman–Crippen LogP) is 3.71. The largest absolute Gasteiger partial charge is 0.495 e. The Labute approximate surface area is 183 Å². The molecule has 0 bridgehead atoms. The molecule has 1 atom stereocenters. The lowest BCUT2D eigenvalue weighted by molar-refractivity contribution is 0.197. The highest BCUT2D eigenvalue weighted by molar-refractivity contribution is 5.58. The number of hydrogen-bond donors (Lipinski definition) is 0. The number of ether oxygens (including phenoxy) is 1. The maximum atomic E-state index is 5.59. The summed E-state index contributed by atoms with van der Waals surface area (Å²) >= 11 is 0. The third-order valence-electron chi connectivity index (χ3n) is 6.65. The van der Waals surface area contributed by atoms with E-state index in [0.717, 1.165) is 43.4 Å². The van der Waals surface area contributed by atoms with Crippen molar-refractivity contribution >= 4 is 5.69 Å². The molecule has 0 spiro atoms. The Morgan fingerprint density at radius 2 is 1.61 bits per heavy atom. The smallest absolute Gasteiger partial charge is 0.173 e. The highest BCUT2D eigenvalue weighted by Gasteiger charge is 2.33. The van der Waals surface area contributed by atoms with E-state index in [1.54, 1.807) is 7.11 Å². The van der Waals surface area contributed by atoms with Crippen LogP contribution >= 0.6 is 0 Å². The summed E-state index contributed by atoms with van der Waals surface area (Å²) in [6, 6.07) is 19.4. The molecule has 162 valence electrons. The van der Waals surface area contributed by atoms with Gasteiger partial charge in [0.1, 0.15) is 5.75 Å². The van der Waals surface area contributed by atoms with E-state index in [4.69, 9.17) is 4.74 Å². The average Bonchev–Trinajstić information content (AvgIpc) is 3.53. The second-order valence-electron chi connectivity index (χ2n) is 8.43. The normalized spacial score (nSPS) is 18.9. The first-order chi connectivity index (χ1) is 15.3. The van der Waals surface area contributed by atoms with Gasteiger partial charge >= 0.3 is 0 Å². The van der Waals surface area contributed by atoms with E-state index < -0.39 is 0 Å². The Kier molecular flexibility index (Phi) is 5.84. The first kappa shape index (κ1) is 20.0. The van der Waals surface area contributed by atoms with Crippen LogP contribution in [0, 0.1) is 0 Å². The molecule has 7 heteroatoms. The van der Waals surface area contributed by atoms with Gasteiger partial charge in [-0.1, -0.05) is 55.3 Å². The lowest BCUT2D eigenvalue weighted by Gasteiger charge is -2.40. The minimum atomic E-state index is 0.0663. The molecule has 1 aliphatic carbocycles. The Bertz CT molecular complexity index is 976. The third-order valence-corrected chi connectivity index (χ3v) is 6.65. The van der Waals surface area contributed by atoms with Crippen LogP contribution in [-0.2, 0) is 0 Å². The summed E-state index contributed by atoms with van der Waals surface area (Å²) in [5.41, 5.74) is 2.42. The quantitative estimate of drug-likeness (QED) is 0.608. The van der Waals surface area contributed by atoms with Gasteiger partial charge in [-0.05, 0) is 41.0 Å². The van der Waals surface area contributed by atoms with Gasteiger partial charge in [0.2, 0.25) is 0 Å². The van der Waals surface area contributed by atoms with Gasteiger partial charge in [0.25, 0.3) is 0 Å². The molecule has 2 aromatic carbocycles. The Balaban J connectivity index is 1.41. The molecular weight excluding hydrogens is 388 g/mol. The molecule has 1 aliphatic heterocycles. The number of tetrazole rings is 1. The van der Waals surface area contributed by atoms with Gasteiger partial charge in [0, 0.05) is 26.2 Å². The average molecular weight is 419 g/mol. The van der Waals surface area contributed by atoms with Gasteiger partial charge in [0.15, 0.2) is 5.82 Å². The van der Waals surface area contributed by atoms with Crippen molar-refractivity contribution in [1.82, 2.24) is 25.1 Å². The van der Waals surface area contributed by atoms with E-state index in [9.17, 15) is 0 Å². The minimum Gasteiger partial charge on any atom is -0.495 e. The monoisotopic (exact) mass is 418 g/mol. The number of aromatic nitrogens is 4. The Hall–Kier alpha value is -2.93. The SMILES string of the molecule is COc1ccccc1N1CCN(C(c2ccccc2)c2nnnn2C2CCCC2)CC1. The van der Waals surface area contributed by atoms with Crippen LogP contribution < -0.4 is 9.64 Å². The van der Waals surface area contributed by atoms with Crippen molar-refractivity contribution < 1.29 is 4.74 Å². The second kappa shape index (κ2) is 9.06. The van der Waals surface area contributed by atoms with Crippen LogP contribution in [0.4, 0.5) is 5.69 Å². The molecule has 5 rings (SSSR count). The van der Waals surface area contributed by atoms with Crippen LogP contribution in [0.15, 0.2) is 54.6 Å². The van der Waals surface area contributed by atoms with Gasteiger partial charge < -0.3 is 9.64 Å². The van der Waals surface area contributed by atoms with Crippen molar-refractivity contribution in [3.05, 3.63) is 66.0 Å². The fourth-order valence-corrected chi connectivity index (χ4v) is 5.06. The van der Waals surface area contributed by atoms with Crippen molar-refractivity contribution in [3.63, 3.8) is 0 Å². The molecular formula is C24H30N6O. The number of benzene rings is 2. The fourth-order valence-electron chi connectivity index (χ4n) is 5.06. The molecule has 0 N–H and O–H groups in total. The maximum absolute atomic E-state index is 5.59. The van der Waals surface area contributed by atoms with Crippen LogP contribution in [0.2, 0.25) is 0 Å². The maximum Gasteiger partial charge on any atom is 0.173 e. The van der Waals surface area contributed by atoms with Crippen LogP contribution in [0.25, 0.3) is 0 Å². The molecule has 2 heterocycles. The standard InChI is InChI=1S/C24H30N6O/c1-31-22-14-8-7-13-21(22)28-15-17-29(18-16-28)23(19-9-3-2-4-10-19)24-25-26-27-30(24)20-11-5-6-12-20/h2-4,7-10,13-14,20,23H,5-6,11-12,15-18H2,1H3. The molecule has 3 aromatic rings. The van der Waals surface area contributed by atoms with Gasteiger partial charge in [-0.15, -0.1) is 5.10 Å². The van der Waals surface area contributed by atoms with E-state index in [1.165, 1.54) is 31.2 Å². The molecule has 0 radical (unpaired) electrons. The van der Waals surface area contributed by atoms with Gasteiger partial charge in [-0.3, -0.25) is 4.90 Å². The number of hydrogen-bond acceptors (Lipinski definition) is 6. The summed E-state index contributed by atoms with van der Waals surface area (Å²) in [4.78, 5) is 4.94. The van der Waals surface area contributed by atoms with Crippen LogP contribution in [0.1, 0.15) is 49.2 Å². The molecule has 1 unspecified atom stereocenters. The molecule has 31 heavy (non-hydrogen) atoms. The van der Waals surface area contributed by atoms with Gasteiger partial charge in [-0.25, -0.2) is 4.68 Å². The third kappa shape index (κ3) is 4.02. The molecule has 7 nitrogen and oxygen atoms in total. The summed E-state index contributed by atoms with van der Waals surface area (Å²) in [5, 5.41) is 13.1. The lowest BCUT2D eigenvalue weighted by atomic mass is 10.0.